The third-order valence-electron chi connectivity index (χ3n) is 14.0. The Morgan fingerprint density at radius 1 is 0.919 bits per heavy atom. The minimum Gasteiger partial charge on any atom is -0.462 e. The van der Waals surface area contributed by atoms with Crippen molar-refractivity contribution in [3.63, 3.8) is 0 Å². The fourth-order valence-corrected chi connectivity index (χ4v) is 10.5. The van der Waals surface area contributed by atoms with Crippen LogP contribution in [0.2, 0.25) is 0 Å². The summed E-state index contributed by atoms with van der Waals surface area (Å²) < 4.78 is 63.9. The van der Waals surface area contributed by atoms with Crippen LogP contribution in [-0.4, -0.2) is 134 Å². The molecule has 7 aliphatic rings. The van der Waals surface area contributed by atoms with Crippen LogP contribution < -0.4 is 5.73 Å². The zero-order valence-corrected chi connectivity index (χ0v) is 38.0. The van der Waals surface area contributed by atoms with E-state index in [1.165, 1.54) is 0 Å². The fourth-order valence-electron chi connectivity index (χ4n) is 10.5. The Bertz CT molecular complexity index is 1800. The SMILES string of the molecule is CO[C@H]1C[C@H](O[C@@H]2[C@@H](C)OC(O[C@@H]3/C(C)=C/CC4CC(CC5(C=C[C@@H](C)C(C(C)C)O5)O4)OC(=O)C4C=C(C)/C(=N\O)C5OC/C(=C\C=C\C3C)[C@@]45O)C[C@H]2OC)O[C@@H](C)[C@H]1N. The van der Waals surface area contributed by atoms with Crippen LogP contribution >= 0.6 is 0 Å². The van der Waals surface area contributed by atoms with Gasteiger partial charge in [-0.3, -0.25) is 4.79 Å². The van der Waals surface area contributed by atoms with E-state index in [1.807, 2.05) is 39.0 Å². The minimum absolute atomic E-state index is 0.0116. The molecule has 62 heavy (non-hydrogen) atoms. The van der Waals surface area contributed by atoms with Gasteiger partial charge < -0.3 is 63.4 Å². The molecule has 0 radical (unpaired) electrons. The number of nitrogens with zero attached hydrogens (tertiary/aromatic N) is 1. The first-order valence-corrected chi connectivity index (χ1v) is 22.5. The highest BCUT2D eigenvalue weighted by Gasteiger charge is 2.60. The van der Waals surface area contributed by atoms with Crippen molar-refractivity contribution in [3.8, 4) is 0 Å². The first-order chi connectivity index (χ1) is 29.5. The molecule has 6 aliphatic heterocycles. The van der Waals surface area contributed by atoms with E-state index in [0.29, 0.717) is 36.8 Å². The molecule has 8 unspecified atom stereocenters. The van der Waals surface area contributed by atoms with Crippen LogP contribution in [0.4, 0.5) is 0 Å². The van der Waals surface area contributed by atoms with Crippen LogP contribution in [0.1, 0.15) is 87.5 Å². The summed E-state index contributed by atoms with van der Waals surface area (Å²) in [5, 5.41) is 26.1. The van der Waals surface area contributed by atoms with Gasteiger partial charge in [0.2, 0.25) is 0 Å². The Balaban J connectivity index is 1.19. The zero-order valence-electron chi connectivity index (χ0n) is 38.0. The lowest BCUT2D eigenvalue weighted by Gasteiger charge is -2.48. The molecule has 15 nitrogen and oxygen atoms in total. The third kappa shape index (κ3) is 9.46. The Morgan fingerprint density at radius 2 is 1.63 bits per heavy atom. The van der Waals surface area contributed by atoms with Gasteiger partial charge in [-0.25, -0.2) is 0 Å². The van der Waals surface area contributed by atoms with E-state index in [9.17, 15) is 15.1 Å². The Morgan fingerprint density at radius 3 is 2.34 bits per heavy atom. The highest BCUT2D eigenvalue weighted by molar-refractivity contribution is 6.06. The number of oxime groups is 1. The van der Waals surface area contributed by atoms with Crippen LogP contribution in [0.15, 0.2) is 64.4 Å². The lowest BCUT2D eigenvalue weighted by molar-refractivity contribution is -0.311. The van der Waals surface area contributed by atoms with Gasteiger partial charge in [0.15, 0.2) is 18.4 Å². The number of allylic oxidation sites excluding steroid dienone is 2. The van der Waals surface area contributed by atoms with Crippen molar-refractivity contribution < 1.29 is 62.5 Å². The number of carbonyl (C=O) groups is 1. The lowest BCUT2D eigenvalue weighted by atomic mass is 9.71. The summed E-state index contributed by atoms with van der Waals surface area (Å²) in [6.07, 6.45) is 10.1. The molecule has 4 N–H and O–H groups in total. The van der Waals surface area contributed by atoms with Gasteiger partial charge in [0.25, 0.3) is 0 Å². The molecule has 7 rings (SSSR count). The number of esters is 1. The molecule has 0 aromatic rings. The zero-order chi connectivity index (χ0) is 44.7. The molecule has 4 saturated heterocycles. The number of ether oxygens (including phenoxy) is 10. The predicted octanol–water partition coefficient (Wildman–Crippen LogP) is 5.42. The summed E-state index contributed by atoms with van der Waals surface area (Å²) in [6, 6.07) is -0.260. The first kappa shape index (κ1) is 47.2. The molecule has 18 atom stereocenters. The molecular formula is C47H70N2O13. The van der Waals surface area contributed by atoms with E-state index in [1.54, 1.807) is 33.3 Å². The fraction of sp³-hybridized carbons (Fsp3) is 0.745. The number of rotatable bonds is 7. The van der Waals surface area contributed by atoms with Crippen molar-refractivity contribution in [2.75, 3.05) is 20.8 Å². The topological polar surface area (TPSA) is 188 Å². The van der Waals surface area contributed by atoms with Crippen molar-refractivity contribution in [1.29, 1.82) is 0 Å². The summed E-state index contributed by atoms with van der Waals surface area (Å²) in [4.78, 5) is 14.4. The summed E-state index contributed by atoms with van der Waals surface area (Å²) in [6.45, 7) is 16.1. The van der Waals surface area contributed by atoms with E-state index in [0.717, 1.165) is 5.57 Å². The van der Waals surface area contributed by atoms with Crippen molar-refractivity contribution in [3.05, 3.63) is 59.3 Å². The van der Waals surface area contributed by atoms with E-state index in [-0.39, 0.29) is 67.0 Å². The van der Waals surface area contributed by atoms with Crippen molar-refractivity contribution in [2.24, 2.45) is 34.6 Å². The Kier molecular flexibility index (Phi) is 14.7. The summed E-state index contributed by atoms with van der Waals surface area (Å²) in [7, 11) is 3.31. The van der Waals surface area contributed by atoms with Gasteiger partial charge in [0, 0.05) is 51.7 Å². The van der Waals surface area contributed by atoms with Crippen LogP contribution in [0.3, 0.4) is 0 Å². The number of hydrogen-bond donors (Lipinski definition) is 3. The largest absolute Gasteiger partial charge is 0.462 e. The van der Waals surface area contributed by atoms with Gasteiger partial charge in [-0.2, -0.15) is 0 Å². The molecule has 0 saturated carbocycles. The average Bonchev–Trinajstić information content (AvgIpc) is 3.56. The summed E-state index contributed by atoms with van der Waals surface area (Å²) in [5.41, 5.74) is 6.55. The molecule has 1 spiro atoms. The monoisotopic (exact) mass is 870 g/mol. The standard InChI is InChI=1S/C47H70N2O13/c1-24(2)41-27(5)16-17-46(62-41)22-33-19-32(61-46)15-14-26(4)42(59-38-21-36(54-10)43(30(8)57-38)60-37-20-35(53-9)39(48)29(7)56-37)25(3)12-11-13-31-23-55-44-40(49-52)28(6)18-34(45(50)58-33)47(31,44)51/h11-14,16-18,24-25,27,29-30,32-39,41-44,51-52H,15,19-23,48H2,1-10H3/b12-11+,26-14+,31-13+,49-40+/t25?,27-,29+,30-,32?,33?,34?,35+,36-,37+,38?,39-,41?,42+,43-,44?,46?,47-/m1/s1. The first-order valence-electron chi connectivity index (χ1n) is 22.5. The van der Waals surface area contributed by atoms with E-state index >= 15 is 0 Å². The van der Waals surface area contributed by atoms with Crippen molar-refractivity contribution >= 4 is 11.7 Å². The highest BCUT2D eigenvalue weighted by atomic mass is 16.7. The van der Waals surface area contributed by atoms with Crippen LogP contribution in [0.5, 0.6) is 0 Å². The van der Waals surface area contributed by atoms with E-state index in [4.69, 9.17) is 53.1 Å². The number of fused-ring (bicyclic) bond motifs is 2. The molecule has 0 aromatic carbocycles. The number of methoxy groups -OCH3 is 2. The molecule has 15 heteroatoms. The predicted molar refractivity (Wildman–Crippen MR) is 228 cm³/mol. The van der Waals surface area contributed by atoms with Gasteiger partial charge in [-0.05, 0) is 62.8 Å². The van der Waals surface area contributed by atoms with Gasteiger partial charge in [-0.15, -0.1) is 0 Å². The second kappa shape index (κ2) is 19.4. The molecular weight excluding hydrogens is 801 g/mol. The highest BCUT2D eigenvalue weighted by Crippen LogP contribution is 2.46. The summed E-state index contributed by atoms with van der Waals surface area (Å²) >= 11 is 0. The normalized spacial score (nSPS) is 48.2. The van der Waals surface area contributed by atoms with Gasteiger partial charge in [-0.1, -0.05) is 69.3 Å². The molecule has 4 fully saturated rings. The molecule has 346 valence electrons. The lowest BCUT2D eigenvalue weighted by Crippen LogP contribution is -2.57. The molecule has 0 aromatic heterocycles. The second-order valence-corrected chi connectivity index (χ2v) is 18.8. The molecule has 6 heterocycles. The maximum atomic E-state index is 14.4. The Hall–Kier alpha value is -2.80. The number of carbonyl (C=O) groups excluding carboxylic acids is 1. The molecule has 2 bridgehead atoms. The average molecular weight is 871 g/mol. The maximum Gasteiger partial charge on any atom is 0.316 e. The van der Waals surface area contributed by atoms with Crippen LogP contribution in [0, 0.1) is 23.7 Å². The third-order valence-corrected chi connectivity index (χ3v) is 14.0. The number of aliphatic hydroxyl groups is 1. The van der Waals surface area contributed by atoms with Crippen LogP contribution in [-0.2, 0) is 52.2 Å². The number of hydrogen-bond acceptors (Lipinski definition) is 15. The smallest absolute Gasteiger partial charge is 0.316 e. The quantitative estimate of drug-likeness (QED) is 0.127. The van der Waals surface area contributed by atoms with Crippen LogP contribution in [0.25, 0.3) is 0 Å². The summed E-state index contributed by atoms with van der Waals surface area (Å²) in [5.74, 6) is -2.68. The van der Waals surface area contributed by atoms with Gasteiger partial charge in [0.1, 0.15) is 35.5 Å². The molecule has 0 amide bonds. The van der Waals surface area contributed by atoms with E-state index < -0.39 is 72.5 Å². The maximum absolute atomic E-state index is 14.4. The number of nitrogens with two attached hydrogens (primary N) is 1. The molecule has 1 aliphatic carbocycles. The van der Waals surface area contributed by atoms with Crippen molar-refractivity contribution in [1.82, 2.24) is 0 Å². The van der Waals surface area contributed by atoms with Crippen molar-refractivity contribution in [2.45, 2.75) is 179 Å². The second-order valence-electron chi connectivity index (χ2n) is 18.8. The van der Waals surface area contributed by atoms with Gasteiger partial charge >= 0.3 is 5.97 Å². The van der Waals surface area contributed by atoms with Gasteiger partial charge in [0.05, 0.1) is 55.4 Å². The van der Waals surface area contributed by atoms with E-state index in [2.05, 4.69) is 45.0 Å². The Labute approximate surface area is 366 Å². The minimum atomic E-state index is -1.87.